The maximum Gasteiger partial charge on any atom is 0.261 e. The van der Waals surface area contributed by atoms with E-state index >= 15 is 0 Å². The molecule has 1 aliphatic heterocycles. The molecule has 0 fully saturated rings. The molecule has 3 rings (SSSR count). The number of hydrogen-bond donors (Lipinski definition) is 2. The van der Waals surface area contributed by atoms with Gasteiger partial charge in [0, 0.05) is 22.8 Å². The molecule has 2 aromatic carbocycles. The summed E-state index contributed by atoms with van der Waals surface area (Å²) in [5, 5.41) is 9.24. The molecule has 2 N–H and O–H groups in total. The number of aliphatic hydroxyl groups excluding tert-OH is 1. The van der Waals surface area contributed by atoms with Crippen LogP contribution in [-0.4, -0.2) is 41.6 Å². The Hall–Kier alpha value is -1.65. The van der Waals surface area contributed by atoms with E-state index in [1.165, 1.54) is 12.1 Å². The SMILES string of the molecule is CS(=O)(=O)O.[O-][S+](c1ccccc1)c1cc(F)cc2c1OC(CO)CC2. The van der Waals surface area contributed by atoms with E-state index < -0.39 is 27.1 Å². The number of aliphatic hydroxyl groups is 1. The number of halogens is 1. The summed E-state index contributed by atoms with van der Waals surface area (Å²) >= 11 is -1.51. The van der Waals surface area contributed by atoms with Crippen molar-refractivity contribution in [1.82, 2.24) is 0 Å². The number of fused-ring (bicyclic) bond motifs is 1. The van der Waals surface area contributed by atoms with E-state index in [1.54, 1.807) is 24.3 Å². The van der Waals surface area contributed by atoms with E-state index in [9.17, 15) is 22.5 Å². The zero-order valence-corrected chi connectivity index (χ0v) is 15.6. The topological polar surface area (TPSA) is 107 Å². The molecule has 0 radical (unpaired) electrons. The Bertz CT molecular complexity index is 834. The van der Waals surface area contributed by atoms with Crippen molar-refractivity contribution in [3.63, 3.8) is 0 Å². The Morgan fingerprint density at radius 1 is 1.31 bits per heavy atom. The first-order chi connectivity index (χ1) is 12.2. The Morgan fingerprint density at radius 3 is 2.50 bits per heavy atom. The van der Waals surface area contributed by atoms with Crippen LogP contribution in [0.1, 0.15) is 12.0 Å². The first-order valence-electron chi connectivity index (χ1n) is 7.68. The molecule has 2 unspecified atom stereocenters. The third kappa shape index (κ3) is 5.96. The van der Waals surface area contributed by atoms with Crippen LogP contribution < -0.4 is 4.74 Å². The van der Waals surface area contributed by atoms with Gasteiger partial charge in [0.05, 0.1) is 12.9 Å². The van der Waals surface area contributed by atoms with Crippen molar-refractivity contribution >= 4 is 21.3 Å². The Morgan fingerprint density at radius 2 is 1.92 bits per heavy atom. The van der Waals surface area contributed by atoms with Gasteiger partial charge in [0.2, 0.25) is 4.90 Å². The van der Waals surface area contributed by atoms with Crippen LogP contribution in [0.25, 0.3) is 0 Å². The third-order valence-electron chi connectivity index (χ3n) is 3.48. The molecule has 0 aromatic heterocycles. The van der Waals surface area contributed by atoms with Gasteiger partial charge in [0.15, 0.2) is 10.6 Å². The standard InChI is InChI=1S/C16H15FO3S.CH4O3S/c17-12-8-11-6-7-13(10-18)20-16(11)15(9-12)21(19)14-4-2-1-3-5-14;1-5(2,3)4/h1-5,8-9,13,18H,6-7,10H2;1H3,(H,2,3,4). The molecule has 0 spiro atoms. The summed E-state index contributed by atoms with van der Waals surface area (Å²) in [6.07, 6.45) is 1.63. The van der Waals surface area contributed by atoms with E-state index in [0.717, 1.165) is 0 Å². The van der Waals surface area contributed by atoms with Gasteiger partial charge in [-0.1, -0.05) is 18.2 Å². The van der Waals surface area contributed by atoms with Gasteiger partial charge in [-0.25, -0.2) is 4.39 Å². The monoisotopic (exact) mass is 402 g/mol. The minimum absolute atomic E-state index is 0.103. The molecule has 9 heteroatoms. The molecule has 6 nitrogen and oxygen atoms in total. The molecular formula is C17H19FO6S2. The second-order valence-corrected chi connectivity index (χ2v) is 8.58. The van der Waals surface area contributed by atoms with E-state index in [4.69, 9.17) is 9.29 Å². The first kappa shape index (κ1) is 20.7. The lowest BCUT2D eigenvalue weighted by Gasteiger charge is -2.26. The molecule has 26 heavy (non-hydrogen) atoms. The van der Waals surface area contributed by atoms with Crippen molar-refractivity contribution < 1.29 is 31.8 Å². The molecular weight excluding hydrogens is 383 g/mol. The second kappa shape index (κ2) is 8.83. The van der Waals surface area contributed by atoms with Gasteiger partial charge in [-0.15, -0.1) is 0 Å². The molecule has 142 valence electrons. The smallest absolute Gasteiger partial charge is 0.261 e. The number of rotatable bonds is 3. The highest BCUT2D eigenvalue weighted by molar-refractivity contribution is 7.91. The summed E-state index contributed by atoms with van der Waals surface area (Å²) in [7, 11) is -3.67. The number of benzene rings is 2. The maximum atomic E-state index is 13.8. The molecule has 0 saturated carbocycles. The van der Waals surface area contributed by atoms with Gasteiger partial charge in [0.1, 0.15) is 11.9 Å². The van der Waals surface area contributed by atoms with Crippen LogP contribution in [0.15, 0.2) is 52.3 Å². The molecule has 2 atom stereocenters. The first-order valence-corrected chi connectivity index (χ1v) is 10.7. The van der Waals surface area contributed by atoms with Gasteiger partial charge >= 0.3 is 0 Å². The quantitative estimate of drug-likeness (QED) is 0.602. The van der Waals surface area contributed by atoms with Crippen LogP contribution in [0, 0.1) is 5.82 Å². The fourth-order valence-corrected chi connectivity index (χ4v) is 3.65. The Balaban J connectivity index is 0.000000431. The van der Waals surface area contributed by atoms with Crippen molar-refractivity contribution in [1.29, 1.82) is 0 Å². The highest BCUT2D eigenvalue weighted by atomic mass is 32.2. The highest BCUT2D eigenvalue weighted by Gasteiger charge is 2.29. The Kier molecular flexibility index (Phi) is 7.01. The minimum Gasteiger partial charge on any atom is -0.606 e. The van der Waals surface area contributed by atoms with Gasteiger partial charge in [-0.05, 0) is 31.0 Å². The predicted octanol–water partition coefficient (Wildman–Crippen LogP) is 2.18. The van der Waals surface area contributed by atoms with Gasteiger partial charge in [-0.3, -0.25) is 4.55 Å². The lowest BCUT2D eigenvalue weighted by atomic mass is 10.0. The predicted molar refractivity (Wildman–Crippen MR) is 94.8 cm³/mol. The average Bonchev–Trinajstić information content (AvgIpc) is 2.59. The van der Waals surface area contributed by atoms with Crippen molar-refractivity contribution in [3.05, 3.63) is 53.8 Å². The summed E-state index contributed by atoms with van der Waals surface area (Å²) in [5.41, 5.74) is 0.707. The van der Waals surface area contributed by atoms with Crippen LogP contribution in [0.5, 0.6) is 5.75 Å². The summed E-state index contributed by atoms with van der Waals surface area (Å²) in [6, 6.07) is 11.5. The van der Waals surface area contributed by atoms with E-state index in [1.807, 2.05) is 6.07 Å². The lowest BCUT2D eigenvalue weighted by molar-refractivity contribution is 0.0944. The number of aryl methyl sites for hydroxylation is 1. The fraction of sp³-hybridized carbons (Fsp3) is 0.294. The molecule has 2 aromatic rings. The highest BCUT2D eigenvalue weighted by Crippen LogP contribution is 2.37. The van der Waals surface area contributed by atoms with Crippen molar-refractivity contribution in [3.8, 4) is 5.75 Å². The van der Waals surface area contributed by atoms with E-state index in [2.05, 4.69) is 0 Å². The van der Waals surface area contributed by atoms with Crippen LogP contribution in [0.4, 0.5) is 4.39 Å². The molecule has 1 aliphatic rings. The van der Waals surface area contributed by atoms with Crippen LogP contribution in [0.2, 0.25) is 0 Å². The number of hydrogen-bond acceptors (Lipinski definition) is 5. The van der Waals surface area contributed by atoms with E-state index in [-0.39, 0.29) is 12.7 Å². The summed E-state index contributed by atoms with van der Waals surface area (Å²) in [6.45, 7) is -0.103. The number of ether oxygens (including phenoxy) is 1. The van der Waals surface area contributed by atoms with E-state index in [0.29, 0.717) is 40.2 Å². The van der Waals surface area contributed by atoms with Gasteiger partial charge in [-0.2, -0.15) is 8.42 Å². The normalized spacial score (nSPS) is 17.3. The average molecular weight is 402 g/mol. The van der Waals surface area contributed by atoms with Gasteiger partial charge < -0.3 is 14.4 Å². The summed E-state index contributed by atoms with van der Waals surface area (Å²) in [4.78, 5) is 0.925. The molecule has 1 heterocycles. The minimum atomic E-state index is -3.67. The van der Waals surface area contributed by atoms with Crippen molar-refractivity contribution in [2.24, 2.45) is 0 Å². The third-order valence-corrected chi connectivity index (χ3v) is 4.88. The summed E-state index contributed by atoms with van der Waals surface area (Å²) < 4.78 is 58.0. The van der Waals surface area contributed by atoms with Crippen LogP contribution in [-0.2, 0) is 27.7 Å². The molecule has 0 amide bonds. The molecule has 0 bridgehead atoms. The Labute approximate surface area is 154 Å². The zero-order chi connectivity index (χ0) is 19.3. The van der Waals surface area contributed by atoms with Crippen molar-refractivity contribution in [2.45, 2.75) is 28.7 Å². The zero-order valence-electron chi connectivity index (χ0n) is 14.0. The van der Waals surface area contributed by atoms with Crippen LogP contribution in [0.3, 0.4) is 0 Å². The second-order valence-electron chi connectivity index (χ2n) is 5.67. The van der Waals surface area contributed by atoms with Crippen LogP contribution >= 0.6 is 0 Å². The van der Waals surface area contributed by atoms with Gasteiger partial charge in [0.25, 0.3) is 10.1 Å². The summed E-state index contributed by atoms with van der Waals surface area (Å²) in [5.74, 6) is 0.0305. The maximum absolute atomic E-state index is 13.8. The molecule has 0 aliphatic carbocycles. The largest absolute Gasteiger partial charge is 0.606 e. The fourth-order valence-electron chi connectivity index (χ4n) is 2.42. The molecule has 0 saturated heterocycles. The van der Waals surface area contributed by atoms with Crippen molar-refractivity contribution in [2.75, 3.05) is 12.9 Å². The lowest BCUT2D eigenvalue weighted by Crippen LogP contribution is -2.27.